The summed E-state index contributed by atoms with van der Waals surface area (Å²) in [5, 5.41) is 3.10. The fraction of sp³-hybridized carbons (Fsp3) is 0.615. The fourth-order valence-electron chi connectivity index (χ4n) is 2.19. The van der Waals surface area contributed by atoms with Crippen LogP contribution in [-0.4, -0.2) is 18.6 Å². The summed E-state index contributed by atoms with van der Waals surface area (Å²) in [6.45, 7) is 1.69. The van der Waals surface area contributed by atoms with Crippen LogP contribution in [0.4, 0.5) is 0 Å². The Kier molecular flexibility index (Phi) is 4.17. The molecule has 3 heteroatoms. The summed E-state index contributed by atoms with van der Waals surface area (Å²) in [7, 11) is 1.94. The molecule has 0 unspecified atom stereocenters. The molecule has 3 nitrogen and oxygen atoms in total. The zero-order valence-electron chi connectivity index (χ0n) is 9.91. The molecule has 1 aromatic rings. The second-order valence-corrected chi connectivity index (χ2v) is 4.50. The summed E-state index contributed by atoms with van der Waals surface area (Å²) >= 11 is 0. The third kappa shape index (κ3) is 3.20. The van der Waals surface area contributed by atoms with Crippen LogP contribution in [0, 0.1) is 5.92 Å². The molecule has 1 aliphatic carbocycles. The number of pyridine rings is 1. The van der Waals surface area contributed by atoms with Gasteiger partial charge in [-0.05, 0) is 31.4 Å². The highest BCUT2D eigenvalue weighted by Crippen LogP contribution is 2.25. The van der Waals surface area contributed by atoms with Crippen molar-refractivity contribution in [3.8, 4) is 5.88 Å². The van der Waals surface area contributed by atoms with Gasteiger partial charge in [-0.2, -0.15) is 0 Å². The van der Waals surface area contributed by atoms with E-state index < -0.39 is 0 Å². The number of nitrogens with one attached hydrogen (secondary N) is 1. The van der Waals surface area contributed by atoms with E-state index in [2.05, 4.69) is 16.4 Å². The molecule has 1 aromatic heterocycles. The molecule has 0 aliphatic heterocycles. The molecule has 1 aliphatic rings. The Balaban J connectivity index is 1.80. The SMILES string of the molecule is CNCc1ccc(OCC2CCCC2)nc1. The van der Waals surface area contributed by atoms with Crippen LogP contribution in [0.2, 0.25) is 0 Å². The molecule has 1 N–H and O–H groups in total. The lowest BCUT2D eigenvalue weighted by molar-refractivity contribution is 0.243. The van der Waals surface area contributed by atoms with E-state index in [9.17, 15) is 0 Å². The number of ether oxygens (including phenoxy) is 1. The standard InChI is InChI=1S/C13H20N2O/c1-14-8-12-6-7-13(15-9-12)16-10-11-4-2-3-5-11/h6-7,9,11,14H,2-5,8,10H2,1H3. The van der Waals surface area contributed by atoms with Crippen molar-refractivity contribution < 1.29 is 4.74 Å². The van der Waals surface area contributed by atoms with Crippen LogP contribution in [0.25, 0.3) is 0 Å². The molecule has 0 aromatic carbocycles. The van der Waals surface area contributed by atoms with E-state index in [-0.39, 0.29) is 0 Å². The van der Waals surface area contributed by atoms with E-state index in [1.165, 1.54) is 31.2 Å². The molecule has 0 spiro atoms. The molecule has 0 bridgehead atoms. The first-order valence-corrected chi connectivity index (χ1v) is 6.11. The summed E-state index contributed by atoms with van der Waals surface area (Å²) in [6, 6.07) is 4.02. The third-order valence-corrected chi connectivity index (χ3v) is 3.12. The monoisotopic (exact) mass is 220 g/mol. The maximum Gasteiger partial charge on any atom is 0.213 e. The van der Waals surface area contributed by atoms with Crippen LogP contribution in [0.3, 0.4) is 0 Å². The van der Waals surface area contributed by atoms with E-state index in [1.807, 2.05) is 19.3 Å². The quantitative estimate of drug-likeness (QED) is 0.827. The van der Waals surface area contributed by atoms with Gasteiger partial charge in [-0.1, -0.05) is 18.9 Å². The van der Waals surface area contributed by atoms with Crippen molar-refractivity contribution in [2.45, 2.75) is 32.2 Å². The molecular formula is C13H20N2O. The molecule has 0 radical (unpaired) electrons. The number of rotatable bonds is 5. The number of hydrogen-bond acceptors (Lipinski definition) is 3. The Morgan fingerprint density at radius 3 is 2.81 bits per heavy atom. The minimum absolute atomic E-state index is 0.749. The highest BCUT2D eigenvalue weighted by molar-refractivity contribution is 5.17. The summed E-state index contributed by atoms with van der Waals surface area (Å²) in [5.74, 6) is 1.51. The number of aromatic nitrogens is 1. The number of hydrogen-bond donors (Lipinski definition) is 1. The van der Waals surface area contributed by atoms with Gasteiger partial charge in [-0.15, -0.1) is 0 Å². The van der Waals surface area contributed by atoms with Crippen molar-refractivity contribution in [2.75, 3.05) is 13.7 Å². The first-order valence-electron chi connectivity index (χ1n) is 6.11. The molecule has 2 rings (SSSR count). The van der Waals surface area contributed by atoms with Gasteiger partial charge in [0.15, 0.2) is 0 Å². The minimum atomic E-state index is 0.749. The second kappa shape index (κ2) is 5.85. The first-order chi connectivity index (χ1) is 7.88. The lowest BCUT2D eigenvalue weighted by atomic mass is 10.1. The van der Waals surface area contributed by atoms with Crippen LogP contribution in [0.15, 0.2) is 18.3 Å². The predicted molar refractivity (Wildman–Crippen MR) is 64.5 cm³/mol. The van der Waals surface area contributed by atoms with Crippen molar-refractivity contribution >= 4 is 0 Å². The van der Waals surface area contributed by atoms with Crippen LogP contribution in [0.5, 0.6) is 5.88 Å². The van der Waals surface area contributed by atoms with Gasteiger partial charge in [-0.25, -0.2) is 4.98 Å². The molecule has 88 valence electrons. The Bertz CT molecular complexity index is 304. The van der Waals surface area contributed by atoms with E-state index in [1.54, 1.807) is 0 Å². The Morgan fingerprint density at radius 1 is 1.38 bits per heavy atom. The van der Waals surface area contributed by atoms with Crippen LogP contribution in [-0.2, 0) is 6.54 Å². The highest BCUT2D eigenvalue weighted by atomic mass is 16.5. The first kappa shape index (κ1) is 11.4. The predicted octanol–water partition coefficient (Wildman–Crippen LogP) is 2.37. The van der Waals surface area contributed by atoms with Crippen LogP contribution in [0.1, 0.15) is 31.2 Å². The minimum Gasteiger partial charge on any atom is -0.477 e. The molecule has 0 amide bonds. The smallest absolute Gasteiger partial charge is 0.213 e. The molecule has 0 saturated heterocycles. The second-order valence-electron chi connectivity index (χ2n) is 4.50. The normalized spacial score (nSPS) is 16.6. The molecule has 1 heterocycles. The molecule has 1 fully saturated rings. The Morgan fingerprint density at radius 2 is 2.19 bits per heavy atom. The summed E-state index contributed by atoms with van der Waals surface area (Å²) in [5.41, 5.74) is 1.19. The van der Waals surface area contributed by atoms with Gasteiger partial charge in [0, 0.05) is 18.8 Å². The van der Waals surface area contributed by atoms with E-state index in [4.69, 9.17) is 4.74 Å². The molecular weight excluding hydrogens is 200 g/mol. The van der Waals surface area contributed by atoms with Crippen molar-refractivity contribution in [2.24, 2.45) is 5.92 Å². The average Bonchev–Trinajstić information content (AvgIpc) is 2.82. The lowest BCUT2D eigenvalue weighted by Gasteiger charge is -2.10. The van der Waals surface area contributed by atoms with Crippen molar-refractivity contribution in [1.29, 1.82) is 0 Å². The molecule has 16 heavy (non-hydrogen) atoms. The highest BCUT2D eigenvalue weighted by Gasteiger charge is 2.15. The van der Waals surface area contributed by atoms with Gasteiger partial charge >= 0.3 is 0 Å². The summed E-state index contributed by atoms with van der Waals surface area (Å²) < 4.78 is 5.69. The van der Waals surface area contributed by atoms with Crippen LogP contribution >= 0.6 is 0 Å². The van der Waals surface area contributed by atoms with Crippen molar-refractivity contribution in [1.82, 2.24) is 10.3 Å². The van der Waals surface area contributed by atoms with Gasteiger partial charge in [0.1, 0.15) is 0 Å². The van der Waals surface area contributed by atoms with Gasteiger partial charge in [0.05, 0.1) is 6.61 Å². The zero-order valence-corrected chi connectivity index (χ0v) is 9.91. The van der Waals surface area contributed by atoms with Crippen molar-refractivity contribution in [3.63, 3.8) is 0 Å². The third-order valence-electron chi connectivity index (χ3n) is 3.12. The largest absolute Gasteiger partial charge is 0.477 e. The topological polar surface area (TPSA) is 34.1 Å². The van der Waals surface area contributed by atoms with Crippen molar-refractivity contribution in [3.05, 3.63) is 23.9 Å². The lowest BCUT2D eigenvalue weighted by Crippen LogP contribution is -2.09. The molecule has 1 saturated carbocycles. The van der Waals surface area contributed by atoms with E-state index in [0.717, 1.165) is 24.9 Å². The van der Waals surface area contributed by atoms with Gasteiger partial charge in [0.2, 0.25) is 5.88 Å². The van der Waals surface area contributed by atoms with E-state index in [0.29, 0.717) is 0 Å². The van der Waals surface area contributed by atoms with Gasteiger partial charge in [-0.3, -0.25) is 0 Å². The Labute approximate surface area is 97.2 Å². The summed E-state index contributed by atoms with van der Waals surface area (Å²) in [6.07, 6.45) is 7.24. The van der Waals surface area contributed by atoms with Gasteiger partial charge < -0.3 is 10.1 Å². The summed E-state index contributed by atoms with van der Waals surface area (Å²) in [4.78, 5) is 4.30. The maximum absolute atomic E-state index is 5.69. The van der Waals surface area contributed by atoms with Crippen LogP contribution < -0.4 is 10.1 Å². The maximum atomic E-state index is 5.69. The van der Waals surface area contributed by atoms with Gasteiger partial charge in [0.25, 0.3) is 0 Å². The average molecular weight is 220 g/mol. The van der Waals surface area contributed by atoms with E-state index >= 15 is 0 Å². The molecule has 0 atom stereocenters. The Hall–Kier alpha value is -1.09. The number of nitrogens with zero attached hydrogens (tertiary/aromatic N) is 1. The fourth-order valence-corrected chi connectivity index (χ4v) is 2.19. The zero-order chi connectivity index (χ0) is 11.2.